The number of sulfone groups is 1. The zero-order valence-corrected chi connectivity index (χ0v) is 21.8. The SMILES string of the molecule is CN=C(NCCS(=O)(=O)C(C)(C)C)NCc1ccc(OC)cc1OC1CCCC1.I. The van der Waals surface area contributed by atoms with Gasteiger partial charge in [0.2, 0.25) is 0 Å². The van der Waals surface area contributed by atoms with Crippen molar-refractivity contribution in [2.45, 2.75) is 63.9 Å². The number of ether oxygens (including phenoxy) is 2. The third-order valence-electron chi connectivity index (χ3n) is 5.14. The van der Waals surface area contributed by atoms with Crippen molar-refractivity contribution in [3.63, 3.8) is 0 Å². The van der Waals surface area contributed by atoms with Crippen LogP contribution in [0.5, 0.6) is 11.5 Å². The Morgan fingerprint density at radius 3 is 2.43 bits per heavy atom. The third-order valence-corrected chi connectivity index (χ3v) is 7.74. The van der Waals surface area contributed by atoms with Gasteiger partial charge in [0.05, 0.1) is 23.7 Å². The number of hydrogen-bond acceptors (Lipinski definition) is 5. The number of guanidine groups is 1. The first-order valence-electron chi connectivity index (χ1n) is 10.2. The average Bonchev–Trinajstić information content (AvgIpc) is 3.17. The van der Waals surface area contributed by atoms with Crippen molar-refractivity contribution in [3.05, 3.63) is 23.8 Å². The molecule has 172 valence electrons. The summed E-state index contributed by atoms with van der Waals surface area (Å²) < 4.78 is 35.3. The normalized spacial score (nSPS) is 15.4. The smallest absolute Gasteiger partial charge is 0.191 e. The number of nitrogens with zero attached hydrogens (tertiary/aromatic N) is 1. The standard InChI is InChI=1S/C21H35N3O4S.HI/c1-21(2,3)29(25,26)13-12-23-20(22-4)24-15-16-10-11-18(27-5)14-19(16)28-17-8-6-7-9-17;/h10-11,14,17H,6-9,12-13,15H2,1-5H3,(H2,22,23,24);1H. The molecule has 0 aromatic heterocycles. The van der Waals surface area contributed by atoms with Crippen molar-refractivity contribution in [1.82, 2.24) is 10.6 Å². The quantitative estimate of drug-likeness (QED) is 0.291. The molecule has 0 atom stereocenters. The second kappa shape index (κ2) is 12.0. The highest BCUT2D eigenvalue weighted by molar-refractivity contribution is 14.0. The fourth-order valence-corrected chi connectivity index (χ4v) is 4.10. The molecular formula is C21H36IN3O4S. The Kier molecular flexibility index (Phi) is 10.7. The molecule has 0 aliphatic heterocycles. The molecule has 0 amide bonds. The minimum atomic E-state index is -3.18. The molecular weight excluding hydrogens is 517 g/mol. The van der Waals surface area contributed by atoms with E-state index in [1.165, 1.54) is 12.8 Å². The second-order valence-electron chi connectivity index (χ2n) is 8.28. The Bertz CT molecular complexity index is 801. The van der Waals surface area contributed by atoms with Gasteiger partial charge in [-0.25, -0.2) is 8.42 Å². The first-order chi connectivity index (χ1) is 13.7. The van der Waals surface area contributed by atoms with Crippen LogP contribution in [0.1, 0.15) is 52.0 Å². The Balaban J connectivity index is 0.00000450. The summed E-state index contributed by atoms with van der Waals surface area (Å²) in [5.74, 6) is 2.18. The molecule has 0 saturated heterocycles. The van der Waals surface area contributed by atoms with E-state index in [4.69, 9.17) is 9.47 Å². The van der Waals surface area contributed by atoms with Crippen LogP contribution in [0, 0.1) is 0 Å². The largest absolute Gasteiger partial charge is 0.497 e. The lowest BCUT2D eigenvalue weighted by atomic mass is 10.2. The van der Waals surface area contributed by atoms with Crippen molar-refractivity contribution in [2.24, 2.45) is 4.99 Å². The van der Waals surface area contributed by atoms with Gasteiger partial charge in [-0.15, -0.1) is 24.0 Å². The first-order valence-corrected chi connectivity index (χ1v) is 11.8. The summed E-state index contributed by atoms with van der Waals surface area (Å²) in [4.78, 5) is 4.19. The second-order valence-corrected chi connectivity index (χ2v) is 11.1. The zero-order valence-electron chi connectivity index (χ0n) is 18.7. The number of rotatable bonds is 8. The summed E-state index contributed by atoms with van der Waals surface area (Å²) in [5.41, 5.74) is 1.00. The number of halogens is 1. The van der Waals surface area contributed by atoms with Gasteiger partial charge in [0.1, 0.15) is 11.5 Å². The van der Waals surface area contributed by atoms with E-state index in [1.54, 1.807) is 34.9 Å². The van der Waals surface area contributed by atoms with E-state index in [9.17, 15) is 8.42 Å². The predicted octanol–water partition coefficient (Wildman–Crippen LogP) is 3.51. The van der Waals surface area contributed by atoms with E-state index >= 15 is 0 Å². The lowest BCUT2D eigenvalue weighted by Gasteiger charge is -2.20. The number of methoxy groups -OCH3 is 1. The maximum absolute atomic E-state index is 12.2. The van der Waals surface area contributed by atoms with Crippen LogP contribution in [0.15, 0.2) is 23.2 Å². The van der Waals surface area contributed by atoms with Crippen LogP contribution in [0.2, 0.25) is 0 Å². The zero-order chi connectivity index (χ0) is 21.5. The molecule has 1 saturated carbocycles. The molecule has 9 heteroatoms. The van der Waals surface area contributed by atoms with E-state index in [0.717, 1.165) is 29.9 Å². The maximum Gasteiger partial charge on any atom is 0.191 e. The Hall–Kier alpha value is -1.23. The molecule has 1 aromatic carbocycles. The molecule has 0 spiro atoms. The van der Waals surface area contributed by atoms with E-state index in [2.05, 4.69) is 15.6 Å². The van der Waals surface area contributed by atoms with Gasteiger partial charge in [0, 0.05) is 31.8 Å². The molecule has 0 unspecified atom stereocenters. The summed E-state index contributed by atoms with van der Waals surface area (Å²) in [6.45, 7) is 5.95. The van der Waals surface area contributed by atoms with Crippen LogP contribution in [-0.4, -0.2) is 51.7 Å². The van der Waals surface area contributed by atoms with Gasteiger partial charge in [-0.2, -0.15) is 0 Å². The van der Waals surface area contributed by atoms with Gasteiger partial charge in [0.25, 0.3) is 0 Å². The average molecular weight is 554 g/mol. The van der Waals surface area contributed by atoms with Gasteiger partial charge in [-0.05, 0) is 58.6 Å². The summed E-state index contributed by atoms with van der Waals surface area (Å²) in [5, 5.41) is 6.31. The van der Waals surface area contributed by atoms with Crippen LogP contribution in [0.4, 0.5) is 0 Å². The van der Waals surface area contributed by atoms with Gasteiger partial charge >= 0.3 is 0 Å². The number of aliphatic imine (C=N–C) groups is 1. The van der Waals surface area contributed by atoms with Gasteiger partial charge in [0.15, 0.2) is 15.8 Å². The minimum absolute atomic E-state index is 0. The summed E-state index contributed by atoms with van der Waals surface area (Å²) in [7, 11) is 0.131. The fraction of sp³-hybridized carbons (Fsp3) is 0.667. The maximum atomic E-state index is 12.2. The van der Waals surface area contributed by atoms with Gasteiger partial charge in [-0.1, -0.05) is 0 Å². The van der Waals surface area contributed by atoms with Crippen molar-refractivity contribution in [3.8, 4) is 11.5 Å². The van der Waals surface area contributed by atoms with E-state index < -0.39 is 14.6 Å². The third kappa shape index (κ3) is 7.79. The molecule has 1 aliphatic carbocycles. The van der Waals surface area contributed by atoms with Crippen molar-refractivity contribution < 1.29 is 17.9 Å². The monoisotopic (exact) mass is 553 g/mol. The summed E-state index contributed by atoms with van der Waals surface area (Å²) in [6, 6.07) is 5.81. The highest BCUT2D eigenvalue weighted by Gasteiger charge is 2.28. The van der Waals surface area contributed by atoms with Crippen molar-refractivity contribution in [2.75, 3.05) is 26.5 Å². The van der Waals surface area contributed by atoms with E-state index in [-0.39, 0.29) is 35.8 Å². The molecule has 1 aromatic rings. The molecule has 7 nitrogen and oxygen atoms in total. The highest BCUT2D eigenvalue weighted by atomic mass is 127. The van der Waals surface area contributed by atoms with Crippen LogP contribution < -0.4 is 20.1 Å². The molecule has 0 bridgehead atoms. The molecule has 0 heterocycles. The van der Waals surface area contributed by atoms with Crippen LogP contribution >= 0.6 is 24.0 Å². The number of nitrogens with one attached hydrogen (secondary N) is 2. The molecule has 0 radical (unpaired) electrons. The Morgan fingerprint density at radius 2 is 1.87 bits per heavy atom. The van der Waals surface area contributed by atoms with Crippen LogP contribution in [0.25, 0.3) is 0 Å². The fourth-order valence-electron chi connectivity index (χ4n) is 3.11. The van der Waals surface area contributed by atoms with Crippen molar-refractivity contribution in [1.29, 1.82) is 0 Å². The Morgan fingerprint density at radius 1 is 1.20 bits per heavy atom. The Labute approximate surface area is 198 Å². The molecule has 30 heavy (non-hydrogen) atoms. The highest BCUT2D eigenvalue weighted by Crippen LogP contribution is 2.30. The lowest BCUT2D eigenvalue weighted by molar-refractivity contribution is 0.207. The van der Waals surface area contributed by atoms with Crippen LogP contribution in [-0.2, 0) is 16.4 Å². The molecule has 2 N–H and O–H groups in total. The van der Waals surface area contributed by atoms with Crippen LogP contribution in [0.3, 0.4) is 0 Å². The first kappa shape index (κ1) is 26.8. The molecule has 2 rings (SSSR count). The topological polar surface area (TPSA) is 89.0 Å². The lowest BCUT2D eigenvalue weighted by Crippen LogP contribution is -2.41. The van der Waals surface area contributed by atoms with Gasteiger partial charge in [-0.3, -0.25) is 4.99 Å². The van der Waals surface area contributed by atoms with E-state index in [0.29, 0.717) is 19.0 Å². The molecule has 1 aliphatic rings. The number of hydrogen-bond donors (Lipinski definition) is 2. The summed E-state index contributed by atoms with van der Waals surface area (Å²) >= 11 is 0. The minimum Gasteiger partial charge on any atom is -0.497 e. The van der Waals surface area contributed by atoms with E-state index in [1.807, 2.05) is 18.2 Å². The molecule has 1 fully saturated rings. The predicted molar refractivity (Wildman–Crippen MR) is 133 cm³/mol. The van der Waals surface area contributed by atoms with Crippen molar-refractivity contribution >= 4 is 39.8 Å². The number of benzene rings is 1. The summed E-state index contributed by atoms with van der Waals surface area (Å²) in [6.07, 6.45) is 4.82. The van der Waals surface area contributed by atoms with Gasteiger partial charge < -0.3 is 20.1 Å².